The van der Waals surface area contributed by atoms with E-state index in [1.807, 2.05) is 11.1 Å². The van der Waals surface area contributed by atoms with Gasteiger partial charge in [0, 0.05) is 37.8 Å². The van der Waals surface area contributed by atoms with E-state index in [2.05, 4.69) is 24.1 Å². The van der Waals surface area contributed by atoms with Crippen LogP contribution in [0.2, 0.25) is 0 Å². The number of hydrogen-bond donors (Lipinski definition) is 1. The summed E-state index contributed by atoms with van der Waals surface area (Å²) in [5, 5.41) is 3.39. The first kappa shape index (κ1) is 17.7. The summed E-state index contributed by atoms with van der Waals surface area (Å²) in [4.78, 5) is 23.9. The monoisotopic (exact) mass is 358 g/mol. The van der Waals surface area contributed by atoms with Crippen molar-refractivity contribution in [3.05, 3.63) is 17.5 Å². The number of anilines is 1. The lowest BCUT2D eigenvalue weighted by Gasteiger charge is -2.34. The Balaban J connectivity index is 1.49. The van der Waals surface area contributed by atoms with Gasteiger partial charge in [-0.1, -0.05) is 13.8 Å². The van der Waals surface area contributed by atoms with Crippen LogP contribution in [0.1, 0.15) is 57.2 Å². The average molecular weight is 358 g/mol. The van der Waals surface area contributed by atoms with Crippen molar-refractivity contribution in [1.29, 1.82) is 0 Å². The van der Waals surface area contributed by atoms with E-state index >= 15 is 0 Å². The highest BCUT2D eigenvalue weighted by Crippen LogP contribution is 2.39. The summed E-state index contributed by atoms with van der Waals surface area (Å²) in [6.45, 7) is 8.02. The largest absolute Gasteiger partial charge is 0.376 e. The minimum atomic E-state index is -0.167. The third-order valence-corrected chi connectivity index (χ3v) is 5.89. The van der Waals surface area contributed by atoms with Crippen LogP contribution < -0.4 is 5.32 Å². The maximum absolute atomic E-state index is 12.6. The normalized spacial score (nSPS) is 25.0. The van der Waals surface area contributed by atoms with E-state index < -0.39 is 0 Å². The Bertz CT molecular complexity index is 674. The average Bonchev–Trinajstić information content (AvgIpc) is 3.38. The van der Waals surface area contributed by atoms with Gasteiger partial charge in [-0.05, 0) is 37.5 Å². The molecule has 1 aromatic heterocycles. The summed E-state index contributed by atoms with van der Waals surface area (Å²) in [5.74, 6) is 2.33. The predicted molar refractivity (Wildman–Crippen MR) is 99.8 cm³/mol. The van der Waals surface area contributed by atoms with Gasteiger partial charge in [-0.2, -0.15) is 0 Å². The molecule has 6 nitrogen and oxygen atoms in total. The molecular weight excluding hydrogens is 328 g/mol. The first-order valence-electron chi connectivity index (χ1n) is 10.0. The van der Waals surface area contributed by atoms with E-state index in [0.717, 1.165) is 55.6 Å². The number of likely N-dealkylation sites (tertiary alicyclic amines) is 1. The molecule has 0 bridgehead atoms. The van der Waals surface area contributed by atoms with Gasteiger partial charge in [0.2, 0.25) is 11.9 Å². The van der Waals surface area contributed by atoms with Crippen LogP contribution in [0.5, 0.6) is 0 Å². The number of carbonyl (C=O) groups is 1. The van der Waals surface area contributed by atoms with Crippen molar-refractivity contribution in [1.82, 2.24) is 14.9 Å². The Kier molecular flexibility index (Phi) is 4.86. The number of fused-ring (bicyclic) bond motifs is 2. The number of ether oxygens (including phenoxy) is 1. The first-order valence-corrected chi connectivity index (χ1v) is 10.0. The first-order chi connectivity index (χ1) is 12.6. The van der Waals surface area contributed by atoms with Gasteiger partial charge in [-0.15, -0.1) is 0 Å². The predicted octanol–water partition coefficient (Wildman–Crippen LogP) is 2.74. The topological polar surface area (TPSA) is 67.4 Å². The van der Waals surface area contributed by atoms with Crippen molar-refractivity contribution in [3.8, 4) is 0 Å². The summed E-state index contributed by atoms with van der Waals surface area (Å²) >= 11 is 0. The molecule has 1 aromatic rings. The zero-order valence-corrected chi connectivity index (χ0v) is 16.0. The van der Waals surface area contributed by atoms with Crippen LogP contribution in [-0.2, 0) is 21.6 Å². The molecule has 142 valence electrons. The SMILES string of the molecule is CC(C)CCC(=O)N1CC[C@]2(COCc3cnc(NCC4CC4)nc32)C1. The second-order valence-corrected chi connectivity index (χ2v) is 8.66. The van der Waals surface area contributed by atoms with Crippen molar-refractivity contribution >= 4 is 11.9 Å². The molecule has 4 rings (SSSR count). The number of aromatic nitrogens is 2. The van der Waals surface area contributed by atoms with Crippen LogP contribution in [0.15, 0.2) is 6.20 Å². The third-order valence-electron chi connectivity index (χ3n) is 5.89. The summed E-state index contributed by atoms with van der Waals surface area (Å²) in [7, 11) is 0. The van der Waals surface area contributed by atoms with Gasteiger partial charge >= 0.3 is 0 Å². The number of hydrogen-bond acceptors (Lipinski definition) is 5. The van der Waals surface area contributed by atoms with Gasteiger partial charge in [-0.25, -0.2) is 9.97 Å². The van der Waals surface area contributed by atoms with E-state index in [1.165, 1.54) is 12.8 Å². The molecule has 2 aliphatic heterocycles. The fourth-order valence-corrected chi connectivity index (χ4v) is 4.01. The highest BCUT2D eigenvalue weighted by Gasteiger charge is 2.46. The lowest BCUT2D eigenvalue weighted by atomic mass is 9.80. The maximum Gasteiger partial charge on any atom is 0.222 e. The Morgan fingerprint density at radius 2 is 2.31 bits per heavy atom. The van der Waals surface area contributed by atoms with Gasteiger partial charge in [0.05, 0.1) is 24.3 Å². The van der Waals surface area contributed by atoms with Gasteiger partial charge in [-0.3, -0.25) is 4.79 Å². The molecule has 6 heteroatoms. The molecule has 26 heavy (non-hydrogen) atoms. The molecule has 3 heterocycles. The van der Waals surface area contributed by atoms with E-state index in [0.29, 0.717) is 25.6 Å². The van der Waals surface area contributed by atoms with Gasteiger partial charge < -0.3 is 15.0 Å². The van der Waals surface area contributed by atoms with Crippen LogP contribution in [-0.4, -0.2) is 47.0 Å². The van der Waals surface area contributed by atoms with Crippen molar-refractivity contribution in [2.24, 2.45) is 11.8 Å². The Labute approximate surface area is 155 Å². The Morgan fingerprint density at radius 1 is 1.46 bits per heavy atom. The molecule has 2 fully saturated rings. The summed E-state index contributed by atoms with van der Waals surface area (Å²) in [6.07, 6.45) is 7.03. The van der Waals surface area contributed by atoms with Crippen LogP contribution in [0, 0.1) is 11.8 Å². The van der Waals surface area contributed by atoms with Crippen LogP contribution in [0.25, 0.3) is 0 Å². The molecular formula is C20H30N4O2. The number of amides is 1. The highest BCUT2D eigenvalue weighted by molar-refractivity contribution is 5.76. The summed E-state index contributed by atoms with van der Waals surface area (Å²) < 4.78 is 5.87. The van der Waals surface area contributed by atoms with Gasteiger partial charge in [0.15, 0.2) is 0 Å². The van der Waals surface area contributed by atoms with E-state index in [-0.39, 0.29) is 11.3 Å². The van der Waals surface area contributed by atoms with Crippen molar-refractivity contribution in [2.45, 2.75) is 58.0 Å². The molecule has 1 spiro atoms. The van der Waals surface area contributed by atoms with Crippen LogP contribution in [0.4, 0.5) is 5.95 Å². The third kappa shape index (κ3) is 3.70. The van der Waals surface area contributed by atoms with Crippen molar-refractivity contribution < 1.29 is 9.53 Å². The zero-order chi connectivity index (χ0) is 18.1. The molecule has 1 atom stereocenters. The molecule has 1 aliphatic carbocycles. The number of nitrogens with one attached hydrogen (secondary N) is 1. The molecule has 0 unspecified atom stereocenters. The van der Waals surface area contributed by atoms with E-state index in [1.54, 1.807) is 0 Å². The molecule has 1 saturated carbocycles. The molecule has 0 radical (unpaired) electrons. The molecule has 3 aliphatic rings. The Hall–Kier alpha value is -1.69. The fourth-order valence-electron chi connectivity index (χ4n) is 4.01. The van der Waals surface area contributed by atoms with Crippen molar-refractivity contribution in [3.63, 3.8) is 0 Å². The second kappa shape index (κ2) is 7.14. The minimum Gasteiger partial charge on any atom is -0.376 e. The molecule has 1 amide bonds. The van der Waals surface area contributed by atoms with Crippen LogP contribution in [0.3, 0.4) is 0 Å². The summed E-state index contributed by atoms with van der Waals surface area (Å²) in [6, 6.07) is 0. The van der Waals surface area contributed by atoms with Gasteiger partial charge in [0.25, 0.3) is 0 Å². The van der Waals surface area contributed by atoms with Gasteiger partial charge in [0.1, 0.15) is 0 Å². The summed E-state index contributed by atoms with van der Waals surface area (Å²) in [5.41, 5.74) is 2.00. The lowest BCUT2D eigenvalue weighted by molar-refractivity contribution is -0.130. The fraction of sp³-hybridized carbons (Fsp3) is 0.750. The molecule has 1 saturated heterocycles. The second-order valence-electron chi connectivity index (χ2n) is 8.66. The molecule has 1 N–H and O–H groups in total. The lowest BCUT2D eigenvalue weighted by Crippen LogP contribution is -2.41. The smallest absolute Gasteiger partial charge is 0.222 e. The Morgan fingerprint density at radius 3 is 3.08 bits per heavy atom. The number of carbonyl (C=O) groups excluding carboxylic acids is 1. The molecule has 0 aromatic carbocycles. The minimum absolute atomic E-state index is 0.167. The number of nitrogens with zero attached hydrogens (tertiary/aromatic N) is 3. The zero-order valence-electron chi connectivity index (χ0n) is 16.0. The maximum atomic E-state index is 12.6. The highest BCUT2D eigenvalue weighted by atomic mass is 16.5. The number of rotatable bonds is 6. The van der Waals surface area contributed by atoms with Crippen molar-refractivity contribution in [2.75, 3.05) is 31.6 Å². The van der Waals surface area contributed by atoms with E-state index in [9.17, 15) is 4.79 Å². The van der Waals surface area contributed by atoms with Crippen LogP contribution >= 0.6 is 0 Å². The van der Waals surface area contributed by atoms with E-state index in [4.69, 9.17) is 9.72 Å². The standard InChI is InChI=1S/C20H30N4O2/c1-14(2)3-6-17(25)24-8-7-20(12-24)13-26-11-16-10-22-19(23-18(16)20)21-9-15-4-5-15/h10,14-15H,3-9,11-13H2,1-2H3,(H,21,22,23)/t20-/m1/s1. The quantitative estimate of drug-likeness (QED) is 0.847.